The Morgan fingerprint density at radius 2 is 1.73 bits per heavy atom. The molecule has 3 aliphatic rings. The Morgan fingerprint density at radius 1 is 1.13 bits per heavy atom. The van der Waals surface area contributed by atoms with Crippen LogP contribution in [0, 0.1) is 5.92 Å². The highest BCUT2D eigenvalue weighted by Crippen LogP contribution is 2.37. The first-order chi connectivity index (χ1) is 7.24. The summed E-state index contributed by atoms with van der Waals surface area (Å²) in [6.45, 7) is 0. The molecule has 3 atom stereocenters. The SMILES string of the molecule is CN1[C@@H]2CC[C@H]1CC(OC(=O)C1CC1)C2. The van der Waals surface area contributed by atoms with Gasteiger partial charge in [0.15, 0.2) is 0 Å². The highest BCUT2D eigenvalue weighted by molar-refractivity contribution is 5.75. The first-order valence-corrected chi connectivity index (χ1v) is 6.16. The highest BCUT2D eigenvalue weighted by atomic mass is 16.5. The van der Waals surface area contributed by atoms with E-state index >= 15 is 0 Å². The smallest absolute Gasteiger partial charge is 0.309 e. The molecule has 3 heteroatoms. The van der Waals surface area contributed by atoms with Crippen molar-refractivity contribution in [3.63, 3.8) is 0 Å². The molecule has 0 N–H and O–H groups in total. The molecule has 3 nitrogen and oxygen atoms in total. The van der Waals surface area contributed by atoms with Gasteiger partial charge in [0.1, 0.15) is 6.10 Å². The lowest BCUT2D eigenvalue weighted by Crippen LogP contribution is -2.43. The van der Waals surface area contributed by atoms with Gasteiger partial charge >= 0.3 is 5.97 Å². The van der Waals surface area contributed by atoms with Crippen molar-refractivity contribution in [2.24, 2.45) is 5.92 Å². The van der Waals surface area contributed by atoms with Crippen LogP contribution < -0.4 is 0 Å². The highest BCUT2D eigenvalue weighted by Gasteiger charge is 2.41. The van der Waals surface area contributed by atoms with E-state index in [1.165, 1.54) is 12.8 Å². The summed E-state index contributed by atoms with van der Waals surface area (Å²) in [6, 6.07) is 1.33. The van der Waals surface area contributed by atoms with Gasteiger partial charge < -0.3 is 9.64 Å². The number of hydrogen-bond acceptors (Lipinski definition) is 3. The van der Waals surface area contributed by atoms with Gasteiger partial charge in [-0.05, 0) is 45.6 Å². The van der Waals surface area contributed by atoms with Crippen molar-refractivity contribution in [1.82, 2.24) is 4.90 Å². The summed E-state index contributed by atoms with van der Waals surface area (Å²) in [5, 5.41) is 0. The minimum absolute atomic E-state index is 0.0731. The minimum Gasteiger partial charge on any atom is -0.462 e. The van der Waals surface area contributed by atoms with Crippen LogP contribution in [0.15, 0.2) is 0 Å². The molecule has 2 bridgehead atoms. The zero-order valence-electron chi connectivity index (χ0n) is 9.32. The summed E-state index contributed by atoms with van der Waals surface area (Å²) in [5.74, 6) is 0.325. The van der Waals surface area contributed by atoms with Crippen LogP contribution in [0.1, 0.15) is 38.5 Å². The fourth-order valence-electron chi connectivity index (χ4n) is 3.04. The molecular formula is C12H19NO2. The van der Waals surface area contributed by atoms with E-state index in [0.29, 0.717) is 12.1 Å². The monoisotopic (exact) mass is 209 g/mol. The predicted molar refractivity (Wildman–Crippen MR) is 56.4 cm³/mol. The van der Waals surface area contributed by atoms with Crippen molar-refractivity contribution in [3.05, 3.63) is 0 Å². The molecular weight excluding hydrogens is 190 g/mol. The van der Waals surface area contributed by atoms with Crippen molar-refractivity contribution in [3.8, 4) is 0 Å². The summed E-state index contributed by atoms with van der Waals surface area (Å²) < 4.78 is 5.58. The number of fused-ring (bicyclic) bond motifs is 2. The molecule has 1 unspecified atom stereocenters. The van der Waals surface area contributed by atoms with Crippen LogP contribution in [-0.4, -0.2) is 36.1 Å². The zero-order chi connectivity index (χ0) is 10.4. The molecule has 1 aliphatic carbocycles. The van der Waals surface area contributed by atoms with Crippen molar-refractivity contribution < 1.29 is 9.53 Å². The van der Waals surface area contributed by atoms with Crippen LogP contribution in [0.2, 0.25) is 0 Å². The third kappa shape index (κ3) is 1.78. The van der Waals surface area contributed by atoms with Crippen LogP contribution in [0.3, 0.4) is 0 Å². The van der Waals surface area contributed by atoms with E-state index in [4.69, 9.17) is 4.74 Å². The Kier molecular flexibility index (Phi) is 2.23. The van der Waals surface area contributed by atoms with Crippen molar-refractivity contribution >= 4 is 5.97 Å². The molecule has 0 aromatic carbocycles. The molecule has 1 saturated carbocycles. The van der Waals surface area contributed by atoms with E-state index in [2.05, 4.69) is 11.9 Å². The molecule has 84 valence electrons. The van der Waals surface area contributed by atoms with E-state index in [9.17, 15) is 4.79 Å². The van der Waals surface area contributed by atoms with Gasteiger partial charge in [0.25, 0.3) is 0 Å². The van der Waals surface area contributed by atoms with Crippen molar-refractivity contribution in [2.45, 2.75) is 56.7 Å². The second kappa shape index (κ2) is 3.48. The Bertz CT molecular complexity index is 261. The second-order valence-corrected chi connectivity index (χ2v) is 5.36. The molecule has 0 radical (unpaired) electrons. The summed E-state index contributed by atoms with van der Waals surface area (Å²) in [6.07, 6.45) is 7.02. The lowest BCUT2D eigenvalue weighted by atomic mass is 10.0. The molecule has 0 amide bonds. The van der Waals surface area contributed by atoms with E-state index < -0.39 is 0 Å². The Morgan fingerprint density at radius 3 is 2.27 bits per heavy atom. The fourth-order valence-corrected chi connectivity index (χ4v) is 3.04. The van der Waals surface area contributed by atoms with Gasteiger partial charge in [0.2, 0.25) is 0 Å². The maximum atomic E-state index is 11.6. The van der Waals surface area contributed by atoms with Gasteiger partial charge in [-0.2, -0.15) is 0 Å². The quantitative estimate of drug-likeness (QED) is 0.646. The van der Waals surface area contributed by atoms with Gasteiger partial charge in [0.05, 0.1) is 5.92 Å². The molecule has 2 heterocycles. The van der Waals surface area contributed by atoms with Crippen LogP contribution in [0.5, 0.6) is 0 Å². The normalized spacial score (nSPS) is 40.5. The zero-order valence-corrected chi connectivity index (χ0v) is 9.32. The molecule has 15 heavy (non-hydrogen) atoms. The van der Waals surface area contributed by atoms with Gasteiger partial charge in [-0.25, -0.2) is 0 Å². The molecule has 2 saturated heterocycles. The molecule has 3 rings (SSSR count). The van der Waals surface area contributed by atoms with E-state index in [-0.39, 0.29) is 18.0 Å². The van der Waals surface area contributed by atoms with E-state index in [1.54, 1.807) is 0 Å². The first kappa shape index (κ1) is 9.64. The summed E-state index contributed by atoms with van der Waals surface area (Å²) in [7, 11) is 2.21. The predicted octanol–water partition coefficient (Wildman–Crippen LogP) is 1.56. The molecule has 2 aliphatic heterocycles. The van der Waals surface area contributed by atoms with Crippen LogP contribution in [-0.2, 0) is 9.53 Å². The molecule has 0 aromatic rings. The summed E-state index contributed by atoms with van der Waals surface area (Å²) in [5.41, 5.74) is 0. The lowest BCUT2D eigenvalue weighted by molar-refractivity contribution is -0.153. The number of carbonyl (C=O) groups is 1. The number of carbonyl (C=O) groups excluding carboxylic acids is 1. The number of piperidine rings is 1. The third-order valence-corrected chi connectivity index (χ3v) is 4.25. The lowest BCUT2D eigenvalue weighted by Gasteiger charge is -2.35. The van der Waals surface area contributed by atoms with Crippen molar-refractivity contribution in [1.29, 1.82) is 0 Å². The standard InChI is InChI=1S/C12H19NO2/c1-13-9-4-5-10(13)7-11(6-9)15-12(14)8-2-3-8/h8-11H,2-7H2,1H3/t9-,10+,11?. The number of nitrogens with zero attached hydrogens (tertiary/aromatic N) is 1. The fraction of sp³-hybridized carbons (Fsp3) is 0.917. The minimum atomic E-state index is 0.0731. The van der Waals surface area contributed by atoms with E-state index in [0.717, 1.165) is 25.7 Å². The Balaban J connectivity index is 1.57. The largest absolute Gasteiger partial charge is 0.462 e. The summed E-state index contributed by atoms with van der Waals surface area (Å²) in [4.78, 5) is 14.0. The van der Waals surface area contributed by atoms with Gasteiger partial charge in [-0.15, -0.1) is 0 Å². The second-order valence-electron chi connectivity index (χ2n) is 5.36. The number of esters is 1. The third-order valence-electron chi connectivity index (χ3n) is 4.25. The van der Waals surface area contributed by atoms with E-state index in [1.807, 2.05) is 0 Å². The number of rotatable bonds is 2. The maximum Gasteiger partial charge on any atom is 0.309 e. The van der Waals surface area contributed by atoms with Gasteiger partial charge in [0, 0.05) is 12.1 Å². The van der Waals surface area contributed by atoms with Crippen LogP contribution in [0.25, 0.3) is 0 Å². The Hall–Kier alpha value is -0.570. The topological polar surface area (TPSA) is 29.5 Å². The first-order valence-electron chi connectivity index (χ1n) is 6.16. The van der Waals surface area contributed by atoms with Gasteiger partial charge in [-0.1, -0.05) is 0 Å². The molecule has 3 fully saturated rings. The average Bonchev–Trinajstić information content (AvgIpc) is 3.00. The van der Waals surface area contributed by atoms with Gasteiger partial charge in [-0.3, -0.25) is 4.79 Å². The van der Waals surface area contributed by atoms with Crippen LogP contribution >= 0.6 is 0 Å². The Labute approximate surface area is 90.8 Å². The number of ether oxygens (including phenoxy) is 1. The average molecular weight is 209 g/mol. The number of hydrogen-bond donors (Lipinski definition) is 0. The van der Waals surface area contributed by atoms with Crippen LogP contribution in [0.4, 0.5) is 0 Å². The molecule has 0 spiro atoms. The summed E-state index contributed by atoms with van der Waals surface area (Å²) >= 11 is 0. The van der Waals surface area contributed by atoms with Crippen molar-refractivity contribution in [2.75, 3.05) is 7.05 Å². The maximum absolute atomic E-state index is 11.6. The molecule has 0 aromatic heterocycles.